The minimum absolute atomic E-state index is 0.0514. The third-order valence-electron chi connectivity index (χ3n) is 4.00. The molecule has 0 aromatic heterocycles. The van der Waals surface area contributed by atoms with Crippen LogP contribution < -0.4 is 16.0 Å². The van der Waals surface area contributed by atoms with Crippen LogP contribution in [0.15, 0.2) is 48.5 Å². The summed E-state index contributed by atoms with van der Waals surface area (Å²) < 4.78 is 5.08. The van der Waals surface area contributed by atoms with E-state index in [1.54, 1.807) is 32.9 Å². The summed E-state index contributed by atoms with van der Waals surface area (Å²) in [7, 11) is 0. The lowest BCUT2D eigenvalue weighted by Gasteiger charge is -2.19. The molecule has 2 aromatic rings. The highest BCUT2D eigenvalue weighted by atomic mass is 16.6. The first-order valence-electron chi connectivity index (χ1n) is 9.78. The van der Waals surface area contributed by atoms with Crippen molar-refractivity contribution >= 4 is 23.6 Å². The van der Waals surface area contributed by atoms with Gasteiger partial charge >= 0.3 is 6.09 Å². The first-order chi connectivity index (χ1) is 14.1. The Morgan fingerprint density at radius 2 is 1.43 bits per heavy atom. The monoisotopic (exact) mass is 411 g/mol. The summed E-state index contributed by atoms with van der Waals surface area (Å²) in [6.45, 7) is 7.47. The molecule has 0 unspecified atom stereocenters. The van der Waals surface area contributed by atoms with Gasteiger partial charge in [0.1, 0.15) is 12.1 Å². The van der Waals surface area contributed by atoms with Crippen LogP contribution in [0.4, 0.5) is 10.5 Å². The van der Waals surface area contributed by atoms with Gasteiger partial charge in [0.15, 0.2) is 0 Å². The van der Waals surface area contributed by atoms with Crippen molar-refractivity contribution in [2.24, 2.45) is 0 Å². The van der Waals surface area contributed by atoms with Crippen molar-refractivity contribution in [1.82, 2.24) is 10.6 Å². The first kappa shape index (κ1) is 22.9. The predicted octanol–water partition coefficient (Wildman–Crippen LogP) is 3.32. The maximum Gasteiger partial charge on any atom is 0.408 e. The summed E-state index contributed by atoms with van der Waals surface area (Å²) in [6, 6.07) is 15.0. The summed E-state index contributed by atoms with van der Waals surface area (Å²) in [5, 5.41) is 7.98. The fraction of sp³-hybridized carbons (Fsp3) is 0.348. The van der Waals surface area contributed by atoms with Crippen molar-refractivity contribution < 1.29 is 19.1 Å². The number of alkyl carbamates (subject to hydrolysis) is 1. The van der Waals surface area contributed by atoms with Crippen LogP contribution in [-0.2, 0) is 27.3 Å². The number of nitrogens with one attached hydrogen (secondary N) is 3. The van der Waals surface area contributed by atoms with Crippen LogP contribution in [-0.4, -0.2) is 30.1 Å². The van der Waals surface area contributed by atoms with E-state index < -0.39 is 11.7 Å². The molecule has 7 heteroatoms. The van der Waals surface area contributed by atoms with Crippen molar-refractivity contribution in [3.8, 4) is 0 Å². The van der Waals surface area contributed by atoms with Gasteiger partial charge in [-0.15, -0.1) is 0 Å². The number of anilines is 1. The zero-order chi connectivity index (χ0) is 22.1. The molecule has 2 rings (SSSR count). The van der Waals surface area contributed by atoms with Gasteiger partial charge in [0.25, 0.3) is 0 Å². The van der Waals surface area contributed by atoms with Gasteiger partial charge in [-0.3, -0.25) is 9.59 Å². The molecule has 0 fully saturated rings. The normalized spacial score (nSPS) is 10.8. The number of rotatable bonds is 7. The zero-order valence-corrected chi connectivity index (χ0v) is 17.9. The second-order valence-corrected chi connectivity index (χ2v) is 8.04. The summed E-state index contributed by atoms with van der Waals surface area (Å²) in [4.78, 5) is 35.6. The minimum atomic E-state index is -0.644. The molecule has 0 atom stereocenters. The molecule has 0 aliphatic rings. The molecule has 0 radical (unpaired) electrons. The molecule has 0 spiro atoms. The van der Waals surface area contributed by atoms with E-state index in [0.29, 0.717) is 18.7 Å². The molecule has 0 heterocycles. The van der Waals surface area contributed by atoms with E-state index in [1.165, 1.54) is 0 Å². The van der Waals surface area contributed by atoms with E-state index in [-0.39, 0.29) is 18.4 Å². The number of amides is 3. The van der Waals surface area contributed by atoms with Crippen molar-refractivity contribution in [2.45, 2.75) is 46.3 Å². The van der Waals surface area contributed by atoms with Crippen LogP contribution >= 0.6 is 0 Å². The van der Waals surface area contributed by atoms with Gasteiger partial charge in [0, 0.05) is 12.2 Å². The highest BCUT2D eigenvalue weighted by molar-refractivity contribution is 5.93. The van der Waals surface area contributed by atoms with Crippen LogP contribution in [0, 0.1) is 6.92 Å². The maximum absolute atomic E-state index is 12.1. The Morgan fingerprint density at radius 1 is 0.833 bits per heavy atom. The molecule has 2 aromatic carbocycles. The Morgan fingerprint density at radius 3 is 2.03 bits per heavy atom. The van der Waals surface area contributed by atoms with Crippen LogP contribution in [0.1, 0.15) is 37.5 Å². The molecule has 160 valence electrons. The standard InChI is InChI=1S/C23H29N3O4/c1-16-5-7-17(8-6-16)13-20(27)24-14-18-9-11-19(12-10-18)26-21(28)15-25-22(29)30-23(2,3)4/h5-12H,13-15H2,1-4H3,(H,24,27)(H,25,29)(H,26,28). The van der Waals surface area contributed by atoms with Crippen molar-refractivity contribution in [3.63, 3.8) is 0 Å². The van der Waals surface area contributed by atoms with Gasteiger partial charge in [-0.2, -0.15) is 0 Å². The van der Waals surface area contributed by atoms with Crippen LogP contribution in [0.25, 0.3) is 0 Å². The van der Waals surface area contributed by atoms with E-state index >= 15 is 0 Å². The van der Waals surface area contributed by atoms with E-state index in [1.807, 2.05) is 43.3 Å². The Kier molecular flexibility index (Phi) is 7.98. The second-order valence-electron chi connectivity index (χ2n) is 8.04. The van der Waals surface area contributed by atoms with Gasteiger partial charge in [-0.05, 0) is 51.0 Å². The van der Waals surface area contributed by atoms with Crippen molar-refractivity contribution in [2.75, 3.05) is 11.9 Å². The van der Waals surface area contributed by atoms with Gasteiger partial charge in [-0.1, -0.05) is 42.0 Å². The van der Waals surface area contributed by atoms with Gasteiger partial charge < -0.3 is 20.7 Å². The van der Waals surface area contributed by atoms with E-state index in [9.17, 15) is 14.4 Å². The summed E-state index contributed by atoms with van der Waals surface area (Å²) in [5.41, 5.74) is 3.02. The van der Waals surface area contributed by atoms with Gasteiger partial charge in [-0.25, -0.2) is 4.79 Å². The number of benzene rings is 2. The van der Waals surface area contributed by atoms with Gasteiger partial charge in [0.2, 0.25) is 11.8 Å². The summed E-state index contributed by atoms with van der Waals surface area (Å²) in [5.74, 6) is -0.413. The first-order valence-corrected chi connectivity index (χ1v) is 9.78. The van der Waals surface area contributed by atoms with Crippen LogP contribution in [0.2, 0.25) is 0 Å². The molecular formula is C23H29N3O4. The average molecular weight is 412 g/mol. The zero-order valence-electron chi connectivity index (χ0n) is 17.9. The van der Waals surface area contributed by atoms with E-state index in [4.69, 9.17) is 4.74 Å². The number of ether oxygens (including phenoxy) is 1. The lowest BCUT2D eigenvalue weighted by atomic mass is 10.1. The lowest BCUT2D eigenvalue weighted by molar-refractivity contribution is -0.120. The Bertz CT molecular complexity index is 869. The molecule has 0 aliphatic carbocycles. The summed E-state index contributed by atoms with van der Waals surface area (Å²) in [6.07, 6.45) is -0.312. The predicted molar refractivity (Wildman–Crippen MR) is 116 cm³/mol. The molecule has 0 aliphatic heterocycles. The SMILES string of the molecule is Cc1ccc(CC(=O)NCc2ccc(NC(=O)CNC(=O)OC(C)(C)C)cc2)cc1. The lowest BCUT2D eigenvalue weighted by Crippen LogP contribution is -2.37. The average Bonchev–Trinajstić information content (AvgIpc) is 2.66. The highest BCUT2D eigenvalue weighted by Crippen LogP contribution is 2.10. The van der Waals surface area contributed by atoms with Crippen molar-refractivity contribution in [3.05, 3.63) is 65.2 Å². The number of hydrogen-bond donors (Lipinski definition) is 3. The number of carbonyl (C=O) groups is 3. The largest absolute Gasteiger partial charge is 0.444 e. The third-order valence-corrected chi connectivity index (χ3v) is 4.00. The Balaban J connectivity index is 1.73. The molecule has 0 saturated carbocycles. The fourth-order valence-electron chi connectivity index (χ4n) is 2.53. The third kappa shape index (κ3) is 8.77. The summed E-state index contributed by atoms with van der Waals surface area (Å²) >= 11 is 0. The minimum Gasteiger partial charge on any atom is -0.444 e. The Labute approximate surface area is 177 Å². The molecule has 3 N–H and O–H groups in total. The molecule has 30 heavy (non-hydrogen) atoms. The number of hydrogen-bond acceptors (Lipinski definition) is 4. The fourth-order valence-corrected chi connectivity index (χ4v) is 2.53. The molecule has 3 amide bonds. The van der Waals surface area contributed by atoms with Crippen molar-refractivity contribution in [1.29, 1.82) is 0 Å². The maximum atomic E-state index is 12.1. The van der Waals surface area contributed by atoms with E-state index in [2.05, 4.69) is 16.0 Å². The molecule has 0 bridgehead atoms. The molecule has 0 saturated heterocycles. The molecule has 7 nitrogen and oxygen atoms in total. The molecular weight excluding hydrogens is 382 g/mol. The topological polar surface area (TPSA) is 96.5 Å². The quantitative estimate of drug-likeness (QED) is 0.651. The highest BCUT2D eigenvalue weighted by Gasteiger charge is 2.16. The smallest absolute Gasteiger partial charge is 0.408 e. The van der Waals surface area contributed by atoms with E-state index in [0.717, 1.165) is 16.7 Å². The second kappa shape index (κ2) is 10.4. The van der Waals surface area contributed by atoms with Crippen LogP contribution in [0.5, 0.6) is 0 Å². The number of aryl methyl sites for hydroxylation is 1. The number of carbonyl (C=O) groups excluding carboxylic acids is 3. The van der Waals surface area contributed by atoms with Crippen LogP contribution in [0.3, 0.4) is 0 Å². The Hall–Kier alpha value is -3.35. The van der Waals surface area contributed by atoms with Gasteiger partial charge in [0.05, 0.1) is 6.42 Å².